The first-order chi connectivity index (χ1) is 5.13. The zero-order chi connectivity index (χ0) is 8.85. The summed E-state index contributed by atoms with van der Waals surface area (Å²) in [6, 6.07) is 0. The number of carbonyl (C=O) groups is 1. The summed E-state index contributed by atoms with van der Waals surface area (Å²) in [4.78, 5) is 10.4. The number of hydrogen-bond acceptors (Lipinski definition) is 3. The summed E-state index contributed by atoms with van der Waals surface area (Å²) in [6.45, 7) is 3.37. The molecule has 0 aliphatic rings. The minimum absolute atomic E-state index is 0.431. The van der Waals surface area contributed by atoms with Crippen molar-refractivity contribution in [3.8, 4) is 0 Å². The van der Waals surface area contributed by atoms with Crippen LogP contribution < -0.4 is 5.43 Å². The number of aldehydes is 1. The lowest BCUT2D eigenvalue weighted by atomic mass is 10.2. The van der Waals surface area contributed by atoms with Gasteiger partial charge in [0.05, 0.1) is 11.3 Å². The van der Waals surface area contributed by atoms with Crippen LogP contribution >= 0.6 is 11.6 Å². The van der Waals surface area contributed by atoms with Gasteiger partial charge in [-0.2, -0.15) is 5.10 Å². The summed E-state index contributed by atoms with van der Waals surface area (Å²) in [6.07, 6.45) is 0.693. The number of allylic oxidation sites excluding steroid dienone is 2. The predicted molar refractivity (Wildman–Crippen MR) is 46.8 cm³/mol. The maximum absolute atomic E-state index is 10.4. The fourth-order valence-electron chi connectivity index (χ4n) is 0.644. The third kappa shape index (κ3) is 3.18. The predicted octanol–water partition coefficient (Wildman–Crippen LogP) is 1.29. The van der Waals surface area contributed by atoms with E-state index in [1.165, 1.54) is 0 Å². The molecule has 0 aliphatic carbocycles. The molecule has 0 atom stereocenters. The van der Waals surface area contributed by atoms with Gasteiger partial charge in [-0.3, -0.25) is 4.79 Å². The van der Waals surface area contributed by atoms with Gasteiger partial charge in [-0.1, -0.05) is 11.6 Å². The van der Waals surface area contributed by atoms with Crippen LogP contribution in [0.25, 0.3) is 0 Å². The van der Waals surface area contributed by atoms with Crippen molar-refractivity contribution in [2.24, 2.45) is 5.10 Å². The summed E-state index contributed by atoms with van der Waals surface area (Å²) < 4.78 is 0. The molecule has 0 unspecified atom stereocenters. The lowest BCUT2D eigenvalue weighted by molar-refractivity contribution is -0.104. The second kappa shape index (κ2) is 4.91. The molecule has 3 nitrogen and oxygen atoms in total. The van der Waals surface area contributed by atoms with Gasteiger partial charge in [-0.25, -0.2) is 0 Å². The number of hydrazone groups is 1. The summed E-state index contributed by atoms with van der Waals surface area (Å²) in [7, 11) is 1.66. The number of hydrogen-bond donors (Lipinski definition) is 1. The van der Waals surface area contributed by atoms with Crippen molar-refractivity contribution in [1.82, 2.24) is 5.43 Å². The highest BCUT2D eigenvalue weighted by Crippen LogP contribution is 2.07. The molecule has 0 saturated carbocycles. The Labute approximate surface area is 71.1 Å². The lowest BCUT2D eigenvalue weighted by Gasteiger charge is -1.98. The maximum atomic E-state index is 10.4. The smallest absolute Gasteiger partial charge is 0.153 e. The molecule has 0 radical (unpaired) electrons. The molecule has 0 amide bonds. The van der Waals surface area contributed by atoms with E-state index in [4.69, 9.17) is 11.6 Å². The quantitative estimate of drug-likeness (QED) is 0.303. The highest BCUT2D eigenvalue weighted by Gasteiger charge is 2.02. The van der Waals surface area contributed by atoms with Crippen molar-refractivity contribution in [3.05, 3.63) is 10.6 Å². The third-order valence-corrected chi connectivity index (χ3v) is 1.36. The Morgan fingerprint density at radius 3 is 2.36 bits per heavy atom. The molecule has 0 aromatic heterocycles. The van der Waals surface area contributed by atoms with E-state index in [0.717, 1.165) is 0 Å². The second-order valence-corrected chi connectivity index (χ2v) is 2.55. The molecule has 0 aliphatic heterocycles. The van der Waals surface area contributed by atoms with Gasteiger partial charge < -0.3 is 5.43 Å². The molecule has 0 aromatic rings. The zero-order valence-corrected chi connectivity index (χ0v) is 7.57. The van der Waals surface area contributed by atoms with Crippen LogP contribution in [0.2, 0.25) is 0 Å². The van der Waals surface area contributed by atoms with Crippen molar-refractivity contribution in [2.75, 3.05) is 7.05 Å². The highest BCUT2D eigenvalue weighted by molar-refractivity contribution is 6.34. The van der Waals surface area contributed by atoms with Crippen LogP contribution in [0.15, 0.2) is 15.7 Å². The molecule has 0 bridgehead atoms. The van der Waals surface area contributed by atoms with Gasteiger partial charge in [0.2, 0.25) is 0 Å². The average Bonchev–Trinajstić information content (AvgIpc) is 1.88. The molecule has 0 saturated heterocycles. The SMILES string of the molecule is CN/N=C(C)\C(C=O)=C(/C)Cl. The van der Waals surface area contributed by atoms with Crippen LogP contribution in [0.1, 0.15) is 13.8 Å². The molecule has 0 aromatic carbocycles. The zero-order valence-electron chi connectivity index (χ0n) is 6.81. The van der Waals surface area contributed by atoms with Crippen molar-refractivity contribution >= 4 is 23.6 Å². The van der Waals surface area contributed by atoms with E-state index in [1.807, 2.05) is 0 Å². The van der Waals surface area contributed by atoms with Gasteiger partial charge in [-0.15, -0.1) is 0 Å². The van der Waals surface area contributed by atoms with Gasteiger partial charge >= 0.3 is 0 Å². The Balaban J connectivity index is 4.67. The normalized spacial score (nSPS) is 14.0. The molecule has 62 valence electrons. The molecule has 0 rings (SSSR count). The lowest BCUT2D eigenvalue weighted by Crippen LogP contribution is -2.06. The number of rotatable bonds is 3. The number of halogens is 1. The standard InChI is InChI=1S/C7H11ClN2O/c1-5(8)7(4-11)6(2)10-9-3/h4,9H,1-3H3/b7-5+,10-6-. The van der Waals surface area contributed by atoms with Crippen LogP contribution in [0, 0.1) is 0 Å². The topological polar surface area (TPSA) is 41.5 Å². The highest BCUT2D eigenvalue weighted by atomic mass is 35.5. The third-order valence-electron chi connectivity index (χ3n) is 1.16. The molecular formula is C7H11ClN2O. The van der Waals surface area contributed by atoms with E-state index in [0.29, 0.717) is 22.6 Å². The first-order valence-electron chi connectivity index (χ1n) is 3.16. The van der Waals surface area contributed by atoms with Crippen LogP contribution in [0.3, 0.4) is 0 Å². The molecule has 11 heavy (non-hydrogen) atoms. The van der Waals surface area contributed by atoms with Gasteiger partial charge in [-0.05, 0) is 13.8 Å². The van der Waals surface area contributed by atoms with Crippen molar-refractivity contribution in [2.45, 2.75) is 13.8 Å². The Hall–Kier alpha value is -0.830. The number of carbonyl (C=O) groups excluding carboxylic acids is 1. The van der Waals surface area contributed by atoms with E-state index in [9.17, 15) is 4.79 Å². The van der Waals surface area contributed by atoms with Crippen LogP contribution in [0.5, 0.6) is 0 Å². The van der Waals surface area contributed by atoms with E-state index >= 15 is 0 Å². The molecular weight excluding hydrogens is 164 g/mol. The monoisotopic (exact) mass is 174 g/mol. The summed E-state index contributed by atoms with van der Waals surface area (Å²) in [5.74, 6) is 0. The minimum Gasteiger partial charge on any atom is -0.313 e. The van der Waals surface area contributed by atoms with Gasteiger partial charge in [0.25, 0.3) is 0 Å². The summed E-state index contributed by atoms with van der Waals surface area (Å²) in [5, 5.41) is 4.27. The Bertz CT molecular complexity index is 204. The first kappa shape index (κ1) is 10.2. The second-order valence-electron chi connectivity index (χ2n) is 1.99. The fraction of sp³-hybridized carbons (Fsp3) is 0.429. The van der Waals surface area contributed by atoms with Crippen molar-refractivity contribution in [1.29, 1.82) is 0 Å². The van der Waals surface area contributed by atoms with Crippen LogP contribution in [-0.2, 0) is 4.79 Å². The maximum Gasteiger partial charge on any atom is 0.153 e. The Morgan fingerprint density at radius 1 is 1.55 bits per heavy atom. The Morgan fingerprint density at radius 2 is 2.09 bits per heavy atom. The Kier molecular flexibility index (Phi) is 4.54. The van der Waals surface area contributed by atoms with E-state index < -0.39 is 0 Å². The van der Waals surface area contributed by atoms with Gasteiger partial charge in [0.15, 0.2) is 6.29 Å². The molecule has 4 heteroatoms. The van der Waals surface area contributed by atoms with Crippen LogP contribution in [-0.4, -0.2) is 19.0 Å². The number of nitrogens with zero attached hydrogens (tertiary/aromatic N) is 1. The fourth-order valence-corrected chi connectivity index (χ4v) is 0.825. The molecule has 0 heterocycles. The van der Waals surface area contributed by atoms with Gasteiger partial charge in [0, 0.05) is 12.1 Å². The van der Waals surface area contributed by atoms with Crippen molar-refractivity contribution in [3.63, 3.8) is 0 Å². The molecule has 0 fully saturated rings. The van der Waals surface area contributed by atoms with Crippen molar-refractivity contribution < 1.29 is 4.79 Å². The van der Waals surface area contributed by atoms with Crippen LogP contribution in [0.4, 0.5) is 0 Å². The first-order valence-corrected chi connectivity index (χ1v) is 3.54. The number of nitrogens with one attached hydrogen (secondary N) is 1. The largest absolute Gasteiger partial charge is 0.313 e. The van der Waals surface area contributed by atoms with E-state index in [-0.39, 0.29) is 0 Å². The molecule has 1 N–H and O–H groups in total. The minimum atomic E-state index is 0.431. The summed E-state index contributed by atoms with van der Waals surface area (Å²) in [5.41, 5.74) is 3.60. The van der Waals surface area contributed by atoms with Gasteiger partial charge in [0.1, 0.15) is 0 Å². The average molecular weight is 175 g/mol. The van der Waals surface area contributed by atoms with E-state index in [1.54, 1.807) is 20.9 Å². The summed E-state index contributed by atoms with van der Waals surface area (Å²) >= 11 is 5.61. The van der Waals surface area contributed by atoms with E-state index in [2.05, 4.69) is 10.5 Å². The molecule has 0 spiro atoms.